The van der Waals surface area contributed by atoms with Crippen molar-refractivity contribution < 1.29 is 9.84 Å². The third-order valence-electron chi connectivity index (χ3n) is 5.61. The van der Waals surface area contributed by atoms with Crippen LogP contribution in [-0.4, -0.2) is 17.3 Å². The number of allylic oxidation sites excluding steroid dienone is 2. The lowest BCUT2D eigenvalue weighted by molar-refractivity contribution is 0.00754. The fourth-order valence-electron chi connectivity index (χ4n) is 4.26. The van der Waals surface area contributed by atoms with Gasteiger partial charge in [-0.3, -0.25) is 0 Å². The van der Waals surface area contributed by atoms with E-state index in [0.29, 0.717) is 37.0 Å². The number of hydrogen-bond acceptors (Lipinski definition) is 3. The Bertz CT molecular complexity index is 854. The molecule has 5 heteroatoms. The van der Waals surface area contributed by atoms with E-state index in [-0.39, 0.29) is 5.60 Å². The molecule has 3 rings (SSSR count). The van der Waals surface area contributed by atoms with Crippen LogP contribution in [0, 0.1) is 17.8 Å². The number of nitrogens with zero attached hydrogens (tertiary/aromatic N) is 3. The molecule has 2 atom stereocenters. The summed E-state index contributed by atoms with van der Waals surface area (Å²) < 4.78 is 6.33. The third-order valence-corrected chi connectivity index (χ3v) is 5.61. The minimum Gasteiger partial charge on any atom is -0.508 e. The molecule has 1 aromatic carbocycles. The van der Waals surface area contributed by atoms with Gasteiger partial charge in [0.2, 0.25) is 0 Å². The highest BCUT2D eigenvalue weighted by atomic mass is 16.5. The first-order valence-corrected chi connectivity index (χ1v) is 9.59. The number of azide groups is 1. The van der Waals surface area contributed by atoms with Crippen molar-refractivity contribution >= 4 is 0 Å². The van der Waals surface area contributed by atoms with Crippen molar-refractivity contribution in [1.82, 2.24) is 0 Å². The van der Waals surface area contributed by atoms with Gasteiger partial charge in [-0.2, -0.15) is 0 Å². The summed E-state index contributed by atoms with van der Waals surface area (Å²) in [5.74, 6) is 8.04. The summed E-state index contributed by atoms with van der Waals surface area (Å²) in [4.78, 5) is 2.73. The van der Waals surface area contributed by atoms with Gasteiger partial charge in [-0.15, -0.1) is 5.92 Å². The van der Waals surface area contributed by atoms with Crippen LogP contribution < -0.4 is 4.74 Å². The zero-order chi connectivity index (χ0) is 19.4. The number of fused-ring (bicyclic) bond motifs is 3. The molecule has 1 aliphatic carbocycles. The molecule has 1 aromatic rings. The Balaban J connectivity index is 1.79. The van der Waals surface area contributed by atoms with Crippen LogP contribution in [-0.2, 0) is 6.42 Å². The first-order chi connectivity index (χ1) is 12.9. The van der Waals surface area contributed by atoms with Crippen LogP contribution in [0.5, 0.6) is 11.5 Å². The number of phenolic OH excluding ortho intramolecular Hbond substituents is 1. The van der Waals surface area contributed by atoms with Crippen LogP contribution in [0.25, 0.3) is 10.4 Å². The maximum absolute atomic E-state index is 10.7. The van der Waals surface area contributed by atoms with Crippen molar-refractivity contribution in [3.8, 4) is 23.3 Å². The average molecular weight is 365 g/mol. The standard InChI is InChI=1S/C22H27N3O2/c1-15-9-10-18-17(12-15)21-19(26)13-16(14-20(21)27-22(18,2)3)8-6-4-5-7-11-24-25-23/h9,13-14,17-18,26H,5,7-8,10-12H2,1-3H3/t17-,18-/m1/s1. The monoisotopic (exact) mass is 365 g/mol. The van der Waals surface area contributed by atoms with E-state index in [0.717, 1.165) is 36.1 Å². The van der Waals surface area contributed by atoms with Crippen LogP contribution in [0.2, 0.25) is 0 Å². The Morgan fingerprint density at radius 2 is 2.19 bits per heavy atom. The molecule has 0 saturated heterocycles. The normalized spacial score (nSPS) is 22.1. The number of benzene rings is 1. The molecule has 0 unspecified atom stereocenters. The van der Waals surface area contributed by atoms with Crippen molar-refractivity contribution in [2.24, 2.45) is 11.0 Å². The van der Waals surface area contributed by atoms with Gasteiger partial charge in [-0.05, 0) is 63.3 Å². The Hall–Kier alpha value is -2.57. The Labute approximate surface area is 161 Å². The maximum Gasteiger partial charge on any atom is 0.127 e. The molecule has 1 N–H and O–H groups in total. The summed E-state index contributed by atoms with van der Waals surface area (Å²) in [6.07, 6.45) is 6.31. The topological polar surface area (TPSA) is 78.2 Å². The number of ether oxygens (including phenoxy) is 1. The zero-order valence-electron chi connectivity index (χ0n) is 16.3. The van der Waals surface area contributed by atoms with E-state index in [9.17, 15) is 5.11 Å². The molecular formula is C22H27N3O2. The van der Waals surface area contributed by atoms with Crippen molar-refractivity contribution in [2.45, 2.75) is 64.4 Å². The fourth-order valence-corrected chi connectivity index (χ4v) is 4.26. The molecule has 0 fully saturated rings. The minimum absolute atomic E-state index is 0.257. The summed E-state index contributed by atoms with van der Waals surface area (Å²) >= 11 is 0. The van der Waals surface area contributed by atoms with Crippen molar-refractivity contribution in [3.05, 3.63) is 45.4 Å². The number of hydrogen-bond donors (Lipinski definition) is 1. The fraction of sp³-hybridized carbons (Fsp3) is 0.545. The van der Waals surface area contributed by atoms with Crippen LogP contribution in [0.1, 0.15) is 63.5 Å². The predicted molar refractivity (Wildman–Crippen MR) is 107 cm³/mol. The van der Waals surface area contributed by atoms with E-state index in [1.54, 1.807) is 0 Å². The molecule has 1 aliphatic heterocycles. The smallest absolute Gasteiger partial charge is 0.127 e. The number of phenols is 1. The maximum atomic E-state index is 10.7. The van der Waals surface area contributed by atoms with Crippen molar-refractivity contribution in [3.63, 3.8) is 0 Å². The Morgan fingerprint density at radius 1 is 1.37 bits per heavy atom. The molecule has 0 radical (unpaired) electrons. The van der Waals surface area contributed by atoms with E-state index in [2.05, 4.69) is 48.7 Å². The molecule has 0 bridgehead atoms. The lowest BCUT2D eigenvalue weighted by atomic mass is 9.67. The van der Waals surface area contributed by atoms with Crippen LogP contribution >= 0.6 is 0 Å². The lowest BCUT2D eigenvalue weighted by Gasteiger charge is -2.47. The van der Waals surface area contributed by atoms with E-state index in [1.165, 1.54) is 5.57 Å². The molecule has 2 aliphatic rings. The number of rotatable bonds is 4. The summed E-state index contributed by atoms with van der Waals surface area (Å²) in [6, 6.07) is 3.87. The molecule has 0 amide bonds. The highest BCUT2D eigenvalue weighted by Crippen LogP contribution is 2.54. The highest BCUT2D eigenvalue weighted by Gasteiger charge is 2.45. The van der Waals surface area contributed by atoms with Gasteiger partial charge in [0, 0.05) is 41.7 Å². The van der Waals surface area contributed by atoms with Gasteiger partial charge in [0.15, 0.2) is 0 Å². The Morgan fingerprint density at radius 3 is 2.96 bits per heavy atom. The van der Waals surface area contributed by atoms with E-state index in [1.807, 2.05) is 12.1 Å². The van der Waals surface area contributed by atoms with Gasteiger partial charge in [0.05, 0.1) is 0 Å². The second-order valence-electron chi connectivity index (χ2n) is 8.02. The van der Waals surface area contributed by atoms with E-state index >= 15 is 0 Å². The van der Waals surface area contributed by atoms with Crippen LogP contribution in [0.3, 0.4) is 0 Å². The van der Waals surface area contributed by atoms with Gasteiger partial charge in [0.25, 0.3) is 0 Å². The van der Waals surface area contributed by atoms with E-state index in [4.69, 9.17) is 10.3 Å². The van der Waals surface area contributed by atoms with E-state index < -0.39 is 0 Å². The van der Waals surface area contributed by atoms with Crippen LogP contribution in [0.4, 0.5) is 0 Å². The van der Waals surface area contributed by atoms with Gasteiger partial charge in [-0.1, -0.05) is 22.7 Å². The van der Waals surface area contributed by atoms with Crippen LogP contribution in [0.15, 0.2) is 28.9 Å². The molecule has 1 heterocycles. The average Bonchev–Trinajstić information content (AvgIpc) is 2.59. The zero-order valence-corrected chi connectivity index (χ0v) is 16.3. The van der Waals surface area contributed by atoms with Gasteiger partial charge >= 0.3 is 0 Å². The molecule has 0 spiro atoms. The summed E-state index contributed by atoms with van der Waals surface area (Å²) in [6.45, 7) is 6.94. The SMILES string of the molecule is CC1=CC[C@@H]2[C@@H](C1)c1c(O)cc(CC#CCCCN=[N+]=[N-])cc1OC2(C)C. The van der Waals surface area contributed by atoms with Crippen molar-refractivity contribution in [2.75, 3.05) is 6.54 Å². The first-order valence-electron chi connectivity index (χ1n) is 9.59. The number of aromatic hydroxyl groups is 1. The summed E-state index contributed by atoms with van der Waals surface area (Å²) in [7, 11) is 0. The molecule has 0 saturated carbocycles. The first kappa shape index (κ1) is 19.2. The number of unbranched alkanes of at least 4 members (excludes halogenated alkanes) is 1. The molecule has 142 valence electrons. The van der Waals surface area contributed by atoms with Gasteiger partial charge in [0.1, 0.15) is 17.1 Å². The second kappa shape index (κ2) is 7.98. The molecular weight excluding hydrogens is 338 g/mol. The predicted octanol–water partition coefficient (Wildman–Crippen LogP) is 5.64. The summed E-state index contributed by atoms with van der Waals surface area (Å²) in [5.41, 5.74) is 11.3. The Kier molecular flexibility index (Phi) is 5.68. The minimum atomic E-state index is -0.257. The second-order valence-corrected chi connectivity index (χ2v) is 8.02. The molecule has 0 aromatic heterocycles. The third kappa shape index (κ3) is 4.23. The molecule has 5 nitrogen and oxygen atoms in total. The van der Waals surface area contributed by atoms with Crippen molar-refractivity contribution in [1.29, 1.82) is 0 Å². The van der Waals surface area contributed by atoms with Gasteiger partial charge in [-0.25, -0.2) is 0 Å². The quantitative estimate of drug-likeness (QED) is 0.187. The lowest BCUT2D eigenvalue weighted by Crippen LogP contribution is -2.45. The summed E-state index contributed by atoms with van der Waals surface area (Å²) in [5, 5.41) is 14.2. The largest absolute Gasteiger partial charge is 0.508 e. The highest BCUT2D eigenvalue weighted by molar-refractivity contribution is 5.53. The molecule has 27 heavy (non-hydrogen) atoms. The van der Waals surface area contributed by atoms with Gasteiger partial charge < -0.3 is 9.84 Å².